The quantitative estimate of drug-likeness (QED) is 0.450. The van der Waals surface area contributed by atoms with Gasteiger partial charge in [-0.1, -0.05) is 0 Å². The van der Waals surface area contributed by atoms with E-state index < -0.39 is 0 Å². The number of pyridine rings is 2. The molecule has 0 saturated carbocycles. The fraction of sp³-hybridized carbons (Fsp3) is 0.448. The van der Waals surface area contributed by atoms with E-state index in [1.54, 1.807) is 10.6 Å². The van der Waals surface area contributed by atoms with Crippen molar-refractivity contribution in [3.8, 4) is 11.5 Å². The minimum atomic E-state index is -0.247. The molecule has 2 atom stereocenters. The van der Waals surface area contributed by atoms with Gasteiger partial charge in [0.2, 0.25) is 5.91 Å². The van der Waals surface area contributed by atoms with E-state index in [1.165, 1.54) is 0 Å². The number of carbonyl (C=O) groups excluding carboxylic acids is 2. The molecule has 2 amide bonds. The number of ether oxygens (including phenoxy) is 2. The van der Waals surface area contributed by atoms with Crippen molar-refractivity contribution >= 4 is 28.5 Å². The Morgan fingerprint density at radius 1 is 1.02 bits per heavy atom. The van der Waals surface area contributed by atoms with Crippen LogP contribution >= 0.6 is 0 Å². The highest BCUT2D eigenvalue weighted by Gasteiger charge is 2.36. The molecule has 3 aliphatic heterocycles. The fourth-order valence-corrected chi connectivity index (χ4v) is 5.74. The Bertz CT molecular complexity index is 1470. The molecule has 0 unspecified atom stereocenters. The molecule has 210 valence electrons. The molecule has 3 N–H and O–H groups in total. The molecule has 3 aliphatic rings. The van der Waals surface area contributed by atoms with Gasteiger partial charge < -0.3 is 30.0 Å². The summed E-state index contributed by atoms with van der Waals surface area (Å²) >= 11 is 0. The van der Waals surface area contributed by atoms with Gasteiger partial charge in [-0.2, -0.15) is 0 Å². The summed E-state index contributed by atoms with van der Waals surface area (Å²) in [6.07, 6.45) is 2.40. The van der Waals surface area contributed by atoms with Crippen molar-refractivity contribution < 1.29 is 19.1 Å². The highest BCUT2D eigenvalue weighted by Crippen LogP contribution is 2.27. The molecule has 5 heterocycles. The zero-order valence-electron chi connectivity index (χ0n) is 22.4. The van der Waals surface area contributed by atoms with E-state index in [-0.39, 0.29) is 35.9 Å². The molecule has 6 rings (SSSR count). The van der Waals surface area contributed by atoms with Crippen LogP contribution < -0.4 is 31.0 Å². The van der Waals surface area contributed by atoms with Crippen LogP contribution in [-0.2, 0) is 22.7 Å². The third kappa shape index (κ3) is 5.80. The lowest BCUT2D eigenvalue weighted by Gasteiger charge is -2.24. The normalized spacial score (nSPS) is 21.8. The monoisotopic (exact) mass is 546 g/mol. The average Bonchev–Trinajstić information content (AvgIpc) is 3.36. The zero-order chi connectivity index (χ0) is 27.5. The number of fused-ring (bicyclic) bond motifs is 3. The number of anilines is 1. The molecule has 2 aromatic heterocycles. The van der Waals surface area contributed by atoms with Gasteiger partial charge in [0, 0.05) is 44.9 Å². The molecular weight excluding hydrogens is 512 g/mol. The third-order valence-electron chi connectivity index (χ3n) is 7.78. The molecule has 0 aliphatic carbocycles. The van der Waals surface area contributed by atoms with E-state index in [2.05, 4.69) is 25.8 Å². The van der Waals surface area contributed by atoms with E-state index in [9.17, 15) is 14.4 Å². The molecule has 40 heavy (non-hydrogen) atoms. The van der Waals surface area contributed by atoms with Gasteiger partial charge in [0.05, 0.1) is 23.9 Å². The molecule has 0 spiro atoms. The van der Waals surface area contributed by atoms with Crippen molar-refractivity contribution in [3.05, 3.63) is 58.5 Å². The molecule has 2 bridgehead atoms. The Kier molecular flexibility index (Phi) is 7.65. The second-order valence-electron chi connectivity index (χ2n) is 10.6. The van der Waals surface area contributed by atoms with Crippen molar-refractivity contribution in [1.29, 1.82) is 0 Å². The average molecular weight is 547 g/mol. The van der Waals surface area contributed by atoms with E-state index >= 15 is 0 Å². The number of hydrogen-bond acceptors (Lipinski definition) is 8. The van der Waals surface area contributed by atoms with Crippen LogP contribution in [-0.4, -0.2) is 71.7 Å². The van der Waals surface area contributed by atoms with E-state index in [0.29, 0.717) is 44.4 Å². The lowest BCUT2D eigenvalue weighted by molar-refractivity contribution is -0.125. The van der Waals surface area contributed by atoms with Crippen LogP contribution in [0.5, 0.6) is 11.5 Å². The van der Waals surface area contributed by atoms with Crippen molar-refractivity contribution in [1.82, 2.24) is 25.1 Å². The van der Waals surface area contributed by atoms with Gasteiger partial charge in [0.25, 0.3) is 11.5 Å². The zero-order valence-corrected chi connectivity index (χ0v) is 22.4. The number of amides is 2. The standard InChI is InChI=1S/C29H34N6O5/c36-26-18-40-25-7-5-21(32-28(25)33-26)16-30-15-19-13-24-29(38)31-9-1-2-12-39-22-6-3-20-4-8-27(37)35(23(20)14-22)11-10-34(24)17-19/h3-8,14,19,24,30H,1-2,9-13,15-18H2,(H,31,38)(H,32,33,36)/t19-,24-/m0/s1. The fourth-order valence-electron chi connectivity index (χ4n) is 5.74. The molecule has 3 aromatic rings. The molecule has 0 radical (unpaired) electrons. The van der Waals surface area contributed by atoms with E-state index in [4.69, 9.17) is 9.47 Å². The minimum Gasteiger partial charge on any atom is -0.494 e. The summed E-state index contributed by atoms with van der Waals surface area (Å²) in [4.78, 5) is 44.4. The Labute approximate surface area is 231 Å². The van der Waals surface area contributed by atoms with Crippen LogP contribution in [0.4, 0.5) is 5.82 Å². The first kappa shape index (κ1) is 26.3. The van der Waals surface area contributed by atoms with Crippen LogP contribution in [0.3, 0.4) is 0 Å². The summed E-state index contributed by atoms with van der Waals surface area (Å²) in [5.74, 6) is 1.86. The molecule has 11 heteroatoms. The van der Waals surface area contributed by atoms with Gasteiger partial charge in [-0.3, -0.25) is 19.3 Å². The first-order valence-electron chi connectivity index (χ1n) is 13.9. The van der Waals surface area contributed by atoms with Gasteiger partial charge in [-0.05, 0) is 67.4 Å². The first-order chi connectivity index (χ1) is 19.5. The number of benzene rings is 1. The third-order valence-corrected chi connectivity index (χ3v) is 7.78. The first-order valence-corrected chi connectivity index (χ1v) is 13.9. The largest absolute Gasteiger partial charge is 0.494 e. The van der Waals surface area contributed by atoms with Crippen LogP contribution in [0, 0.1) is 5.92 Å². The maximum Gasteiger partial charge on any atom is 0.263 e. The predicted molar refractivity (Wildman–Crippen MR) is 149 cm³/mol. The topological polar surface area (TPSA) is 127 Å². The van der Waals surface area contributed by atoms with Gasteiger partial charge in [-0.25, -0.2) is 4.98 Å². The summed E-state index contributed by atoms with van der Waals surface area (Å²) < 4.78 is 13.1. The highest BCUT2D eigenvalue weighted by molar-refractivity contribution is 5.94. The Morgan fingerprint density at radius 2 is 1.93 bits per heavy atom. The van der Waals surface area contributed by atoms with E-state index in [0.717, 1.165) is 54.7 Å². The molecule has 1 saturated heterocycles. The van der Waals surface area contributed by atoms with Gasteiger partial charge in [0.1, 0.15) is 5.75 Å². The second kappa shape index (κ2) is 11.6. The second-order valence-corrected chi connectivity index (χ2v) is 10.6. The number of aromatic nitrogens is 2. The van der Waals surface area contributed by atoms with Gasteiger partial charge >= 0.3 is 0 Å². The molecule has 11 nitrogen and oxygen atoms in total. The predicted octanol–water partition coefficient (Wildman–Crippen LogP) is 1.50. The van der Waals surface area contributed by atoms with Crippen LogP contribution in [0.25, 0.3) is 10.9 Å². The number of hydrogen-bond donors (Lipinski definition) is 3. The molecule has 1 aromatic carbocycles. The molecular formula is C29H34N6O5. The van der Waals surface area contributed by atoms with Crippen molar-refractivity contribution in [3.63, 3.8) is 0 Å². The Balaban J connectivity index is 1.14. The Morgan fingerprint density at radius 3 is 2.85 bits per heavy atom. The summed E-state index contributed by atoms with van der Waals surface area (Å²) in [5.41, 5.74) is 1.58. The van der Waals surface area contributed by atoms with Gasteiger partial charge in [-0.15, -0.1) is 0 Å². The maximum absolute atomic E-state index is 13.2. The Hall–Kier alpha value is -3.96. The van der Waals surface area contributed by atoms with Crippen molar-refractivity contribution in [2.75, 3.05) is 44.7 Å². The SMILES string of the molecule is O=C1COc2ccc(CNC[C@@H]3C[C@H]4C(=O)NCCCCOc5ccc6ccc(=O)n(c6c5)CCN4C3)nc2N1. The lowest BCUT2D eigenvalue weighted by Crippen LogP contribution is -2.45. The number of carbonyl (C=O) groups is 2. The highest BCUT2D eigenvalue weighted by atomic mass is 16.5. The van der Waals surface area contributed by atoms with Crippen LogP contribution in [0.15, 0.2) is 47.3 Å². The summed E-state index contributed by atoms with van der Waals surface area (Å²) in [7, 11) is 0. The minimum absolute atomic E-state index is 0.00376. The van der Waals surface area contributed by atoms with E-state index in [1.807, 2.05) is 36.4 Å². The summed E-state index contributed by atoms with van der Waals surface area (Å²) in [5, 5.41) is 10.3. The number of nitrogens with one attached hydrogen (secondary N) is 3. The lowest BCUT2D eigenvalue weighted by atomic mass is 10.1. The summed E-state index contributed by atoms with van der Waals surface area (Å²) in [6.45, 7) is 4.24. The van der Waals surface area contributed by atoms with Gasteiger partial charge in [0.15, 0.2) is 18.2 Å². The van der Waals surface area contributed by atoms with Crippen LogP contribution in [0.1, 0.15) is 25.0 Å². The molecule has 1 fully saturated rings. The van der Waals surface area contributed by atoms with Crippen molar-refractivity contribution in [2.24, 2.45) is 5.92 Å². The smallest absolute Gasteiger partial charge is 0.263 e. The number of nitrogens with zero attached hydrogens (tertiary/aromatic N) is 3. The van der Waals surface area contributed by atoms with Crippen LogP contribution in [0.2, 0.25) is 0 Å². The summed E-state index contributed by atoms with van der Waals surface area (Å²) in [6, 6.07) is 12.8. The van der Waals surface area contributed by atoms with Crippen molar-refractivity contribution in [2.45, 2.75) is 38.4 Å². The maximum atomic E-state index is 13.2. The number of rotatable bonds is 4.